The number of para-hydroxylation sites is 1. The Kier molecular flexibility index (Phi) is 4.53. The van der Waals surface area contributed by atoms with Crippen molar-refractivity contribution in [2.24, 2.45) is 5.92 Å². The molecule has 3 heteroatoms. The van der Waals surface area contributed by atoms with Gasteiger partial charge in [-0.05, 0) is 12.1 Å². The lowest BCUT2D eigenvalue weighted by molar-refractivity contribution is -0.121. The van der Waals surface area contributed by atoms with Gasteiger partial charge in [0.2, 0.25) is 5.91 Å². The molecule has 16 heavy (non-hydrogen) atoms. The van der Waals surface area contributed by atoms with E-state index in [0.717, 1.165) is 5.69 Å². The number of rotatable bonds is 4. The Hall–Kier alpha value is -1.82. The highest BCUT2D eigenvalue weighted by Gasteiger charge is 2.17. The number of hydrogen-bond donors (Lipinski definition) is 0. The van der Waals surface area contributed by atoms with Crippen LogP contribution in [0.2, 0.25) is 0 Å². The van der Waals surface area contributed by atoms with Gasteiger partial charge in [0, 0.05) is 18.2 Å². The Morgan fingerprint density at radius 2 is 2.00 bits per heavy atom. The molecule has 0 spiro atoms. The molecule has 1 aromatic rings. The van der Waals surface area contributed by atoms with Crippen molar-refractivity contribution in [1.82, 2.24) is 0 Å². The molecule has 3 nitrogen and oxygen atoms in total. The molecular formula is C13H16N2O. The summed E-state index contributed by atoms with van der Waals surface area (Å²) in [5.74, 6) is 0.000323. The molecule has 0 aliphatic heterocycles. The van der Waals surface area contributed by atoms with Crippen molar-refractivity contribution in [3.63, 3.8) is 0 Å². The SMILES string of the molecule is CC(C)C(=O)N(CCC#N)c1ccccc1. The maximum absolute atomic E-state index is 12.0. The van der Waals surface area contributed by atoms with E-state index in [4.69, 9.17) is 5.26 Å². The minimum absolute atomic E-state index is 0.0566. The lowest BCUT2D eigenvalue weighted by Gasteiger charge is -2.23. The predicted octanol–water partition coefficient (Wildman–Crippen LogP) is 2.59. The average molecular weight is 216 g/mol. The van der Waals surface area contributed by atoms with Gasteiger partial charge in [0.25, 0.3) is 0 Å². The summed E-state index contributed by atoms with van der Waals surface area (Å²) in [5.41, 5.74) is 0.858. The maximum atomic E-state index is 12.0. The summed E-state index contributed by atoms with van der Waals surface area (Å²) in [6.45, 7) is 4.19. The van der Waals surface area contributed by atoms with Crippen LogP contribution in [0.15, 0.2) is 30.3 Å². The quantitative estimate of drug-likeness (QED) is 0.776. The fraction of sp³-hybridized carbons (Fsp3) is 0.385. The number of carbonyl (C=O) groups is 1. The van der Waals surface area contributed by atoms with Gasteiger partial charge in [-0.1, -0.05) is 32.0 Å². The van der Waals surface area contributed by atoms with E-state index in [2.05, 4.69) is 6.07 Å². The van der Waals surface area contributed by atoms with Crippen molar-refractivity contribution in [1.29, 1.82) is 5.26 Å². The van der Waals surface area contributed by atoms with E-state index in [1.807, 2.05) is 44.2 Å². The first kappa shape index (κ1) is 12.3. The molecule has 0 unspecified atom stereocenters. The molecule has 1 rings (SSSR count). The number of hydrogen-bond acceptors (Lipinski definition) is 2. The van der Waals surface area contributed by atoms with Crippen LogP contribution in [-0.4, -0.2) is 12.5 Å². The molecule has 0 heterocycles. The fourth-order valence-corrected chi connectivity index (χ4v) is 1.45. The van der Waals surface area contributed by atoms with Crippen LogP contribution < -0.4 is 4.90 Å². The van der Waals surface area contributed by atoms with E-state index in [1.54, 1.807) is 4.90 Å². The Bertz CT molecular complexity index is 379. The highest BCUT2D eigenvalue weighted by atomic mass is 16.2. The van der Waals surface area contributed by atoms with Gasteiger partial charge in [0.05, 0.1) is 12.5 Å². The largest absolute Gasteiger partial charge is 0.311 e. The first-order valence-corrected chi connectivity index (χ1v) is 5.40. The topological polar surface area (TPSA) is 44.1 Å². The van der Waals surface area contributed by atoms with E-state index >= 15 is 0 Å². The van der Waals surface area contributed by atoms with Gasteiger partial charge in [-0.15, -0.1) is 0 Å². The van der Waals surface area contributed by atoms with E-state index in [9.17, 15) is 4.79 Å². The molecule has 0 bridgehead atoms. The number of nitrogens with zero attached hydrogens (tertiary/aromatic N) is 2. The third-order valence-electron chi connectivity index (χ3n) is 2.28. The van der Waals surface area contributed by atoms with Crippen LogP contribution in [0.25, 0.3) is 0 Å². The van der Waals surface area contributed by atoms with Gasteiger partial charge in [0.15, 0.2) is 0 Å². The van der Waals surface area contributed by atoms with Gasteiger partial charge < -0.3 is 4.90 Å². The van der Waals surface area contributed by atoms with Crippen molar-refractivity contribution in [2.45, 2.75) is 20.3 Å². The lowest BCUT2D eigenvalue weighted by Crippen LogP contribution is -2.35. The van der Waals surface area contributed by atoms with Gasteiger partial charge in [-0.2, -0.15) is 5.26 Å². The fourth-order valence-electron chi connectivity index (χ4n) is 1.45. The molecule has 84 valence electrons. The van der Waals surface area contributed by atoms with Gasteiger partial charge in [-0.3, -0.25) is 4.79 Å². The van der Waals surface area contributed by atoms with Crippen molar-refractivity contribution in [2.75, 3.05) is 11.4 Å². The second kappa shape index (κ2) is 5.92. The van der Waals surface area contributed by atoms with Crippen LogP contribution in [0, 0.1) is 17.2 Å². The summed E-state index contributed by atoms with van der Waals surface area (Å²) in [6.07, 6.45) is 0.355. The van der Waals surface area contributed by atoms with Crippen molar-refractivity contribution >= 4 is 11.6 Å². The maximum Gasteiger partial charge on any atom is 0.229 e. The Labute approximate surface area is 96.3 Å². The minimum atomic E-state index is -0.0566. The van der Waals surface area contributed by atoms with Crippen LogP contribution in [-0.2, 0) is 4.79 Å². The number of benzene rings is 1. The lowest BCUT2D eigenvalue weighted by atomic mass is 10.1. The number of anilines is 1. The molecule has 0 aliphatic carbocycles. The summed E-state index contributed by atoms with van der Waals surface area (Å²) in [7, 11) is 0. The highest BCUT2D eigenvalue weighted by Crippen LogP contribution is 2.16. The van der Waals surface area contributed by atoms with Gasteiger partial charge >= 0.3 is 0 Å². The smallest absolute Gasteiger partial charge is 0.229 e. The van der Waals surface area contributed by atoms with Crippen LogP contribution in [0.4, 0.5) is 5.69 Å². The molecule has 0 saturated carbocycles. The summed E-state index contributed by atoms with van der Waals surface area (Å²) < 4.78 is 0. The van der Waals surface area contributed by atoms with E-state index in [0.29, 0.717) is 13.0 Å². The van der Waals surface area contributed by atoms with Gasteiger partial charge in [0.1, 0.15) is 0 Å². The zero-order valence-electron chi connectivity index (χ0n) is 9.68. The highest BCUT2D eigenvalue weighted by molar-refractivity contribution is 5.94. The monoisotopic (exact) mass is 216 g/mol. The molecular weight excluding hydrogens is 200 g/mol. The summed E-state index contributed by atoms with van der Waals surface area (Å²) in [6, 6.07) is 11.5. The predicted molar refractivity (Wildman–Crippen MR) is 63.9 cm³/mol. The first-order chi connectivity index (χ1) is 7.66. The molecule has 0 aromatic heterocycles. The van der Waals surface area contributed by atoms with Crippen molar-refractivity contribution in [3.8, 4) is 6.07 Å². The Morgan fingerprint density at radius 1 is 1.38 bits per heavy atom. The van der Waals surface area contributed by atoms with Gasteiger partial charge in [-0.25, -0.2) is 0 Å². The third kappa shape index (κ3) is 3.09. The van der Waals surface area contributed by atoms with E-state index in [-0.39, 0.29) is 11.8 Å². The zero-order chi connectivity index (χ0) is 12.0. The normalized spacial score (nSPS) is 9.88. The average Bonchev–Trinajstić information content (AvgIpc) is 2.30. The van der Waals surface area contributed by atoms with E-state index < -0.39 is 0 Å². The summed E-state index contributed by atoms with van der Waals surface area (Å²) in [4.78, 5) is 13.6. The standard InChI is InChI=1S/C13H16N2O/c1-11(2)13(16)15(10-6-9-14)12-7-4-3-5-8-12/h3-5,7-8,11H,6,10H2,1-2H3. The Balaban J connectivity index is 2.88. The molecule has 0 atom stereocenters. The van der Waals surface area contributed by atoms with Crippen molar-refractivity contribution < 1.29 is 4.79 Å². The van der Waals surface area contributed by atoms with E-state index in [1.165, 1.54) is 0 Å². The molecule has 0 fully saturated rings. The van der Waals surface area contributed by atoms with Crippen molar-refractivity contribution in [3.05, 3.63) is 30.3 Å². The van der Waals surface area contributed by atoms with Crippen LogP contribution in [0.5, 0.6) is 0 Å². The van der Waals surface area contributed by atoms with Crippen LogP contribution in [0.3, 0.4) is 0 Å². The third-order valence-corrected chi connectivity index (χ3v) is 2.28. The molecule has 1 aromatic carbocycles. The molecule has 0 radical (unpaired) electrons. The Morgan fingerprint density at radius 3 is 2.50 bits per heavy atom. The van der Waals surface area contributed by atoms with Crippen LogP contribution in [0.1, 0.15) is 20.3 Å². The molecule has 0 aliphatic rings. The van der Waals surface area contributed by atoms with Crippen LogP contribution >= 0.6 is 0 Å². The molecule has 0 saturated heterocycles. The number of carbonyl (C=O) groups excluding carboxylic acids is 1. The molecule has 0 N–H and O–H groups in total. The number of amides is 1. The zero-order valence-corrected chi connectivity index (χ0v) is 9.68. The second-order valence-corrected chi connectivity index (χ2v) is 3.89. The first-order valence-electron chi connectivity index (χ1n) is 5.40. The minimum Gasteiger partial charge on any atom is -0.311 e. The summed E-state index contributed by atoms with van der Waals surface area (Å²) >= 11 is 0. The number of nitriles is 1. The second-order valence-electron chi connectivity index (χ2n) is 3.89. The molecule has 1 amide bonds. The summed E-state index contributed by atoms with van der Waals surface area (Å²) in [5, 5.41) is 8.59.